The average Bonchev–Trinajstić information content (AvgIpc) is 2.78. The number of aromatic hydroxyl groups is 1. The summed E-state index contributed by atoms with van der Waals surface area (Å²) in [7, 11) is 0. The Kier molecular flexibility index (Phi) is 6.38. The molecule has 1 fully saturated rings. The summed E-state index contributed by atoms with van der Waals surface area (Å²) in [5.74, 6) is 0.409. The Bertz CT molecular complexity index is 1040. The molecule has 3 aromatic carbocycles. The Morgan fingerprint density at radius 2 is 1.65 bits per heavy atom. The van der Waals surface area contributed by atoms with Crippen LogP contribution in [0.5, 0.6) is 5.75 Å². The fourth-order valence-electron chi connectivity index (χ4n) is 4.34. The summed E-state index contributed by atoms with van der Waals surface area (Å²) < 4.78 is 0. The summed E-state index contributed by atoms with van der Waals surface area (Å²) in [6.45, 7) is 6.60. The second kappa shape index (κ2) is 9.36. The highest BCUT2D eigenvalue weighted by Crippen LogP contribution is 2.28. The van der Waals surface area contributed by atoms with Crippen molar-refractivity contribution in [2.45, 2.75) is 39.3 Å². The first-order chi connectivity index (χ1) is 15.0. The first-order valence-electron chi connectivity index (χ1n) is 11.0. The molecule has 1 aliphatic heterocycles. The molecule has 0 spiro atoms. The Morgan fingerprint density at radius 1 is 0.935 bits per heavy atom. The smallest absolute Gasteiger partial charge is 0.258 e. The molecule has 0 aliphatic carbocycles. The molecule has 1 heterocycles. The molecule has 0 bridgehead atoms. The van der Waals surface area contributed by atoms with Gasteiger partial charge in [0.05, 0.1) is 0 Å². The molecule has 0 atom stereocenters. The van der Waals surface area contributed by atoms with Crippen molar-refractivity contribution in [3.05, 3.63) is 95.1 Å². The summed E-state index contributed by atoms with van der Waals surface area (Å²) in [5, 5.41) is 10.1. The largest absolute Gasteiger partial charge is 0.508 e. The van der Waals surface area contributed by atoms with Gasteiger partial charge in [-0.1, -0.05) is 53.6 Å². The van der Waals surface area contributed by atoms with Crippen molar-refractivity contribution in [3.63, 3.8) is 0 Å². The van der Waals surface area contributed by atoms with E-state index in [-0.39, 0.29) is 11.9 Å². The number of para-hydroxylation sites is 1. The van der Waals surface area contributed by atoms with Crippen LogP contribution in [0.2, 0.25) is 0 Å². The fourth-order valence-corrected chi connectivity index (χ4v) is 4.34. The number of hydrogen-bond donors (Lipinski definition) is 1. The van der Waals surface area contributed by atoms with Crippen LogP contribution in [0.4, 0.5) is 5.69 Å². The standard InChI is InChI=1S/C27H30N2O2/c1-20-10-12-24(13-11-20)29(27(31)22-8-5-6-21(2)18-22)25-14-16-28(17-15-25)19-23-7-3-4-9-26(23)30/h3-13,18,25,30H,14-17,19H2,1-2H3. The van der Waals surface area contributed by atoms with Crippen molar-refractivity contribution < 1.29 is 9.90 Å². The number of phenolic OH excluding ortho intramolecular Hbond substituents is 1. The highest BCUT2D eigenvalue weighted by atomic mass is 16.3. The van der Waals surface area contributed by atoms with Crippen LogP contribution >= 0.6 is 0 Å². The van der Waals surface area contributed by atoms with Crippen LogP contribution in [0.1, 0.15) is 39.9 Å². The second-order valence-electron chi connectivity index (χ2n) is 8.52. The van der Waals surface area contributed by atoms with Gasteiger partial charge in [0.15, 0.2) is 0 Å². The Morgan fingerprint density at radius 3 is 2.32 bits per heavy atom. The van der Waals surface area contributed by atoms with Gasteiger partial charge in [-0.2, -0.15) is 0 Å². The molecule has 160 valence electrons. The van der Waals surface area contributed by atoms with E-state index >= 15 is 0 Å². The highest BCUT2D eigenvalue weighted by Gasteiger charge is 2.30. The normalized spacial score (nSPS) is 15.0. The second-order valence-corrected chi connectivity index (χ2v) is 8.52. The molecule has 0 saturated carbocycles. The van der Waals surface area contributed by atoms with E-state index in [1.165, 1.54) is 5.56 Å². The molecule has 31 heavy (non-hydrogen) atoms. The zero-order valence-electron chi connectivity index (χ0n) is 18.3. The van der Waals surface area contributed by atoms with Crippen molar-refractivity contribution in [1.82, 2.24) is 4.90 Å². The lowest BCUT2D eigenvalue weighted by molar-refractivity contribution is 0.0958. The third-order valence-electron chi connectivity index (χ3n) is 6.10. The molecular weight excluding hydrogens is 384 g/mol. The minimum absolute atomic E-state index is 0.0618. The summed E-state index contributed by atoms with van der Waals surface area (Å²) in [4.78, 5) is 17.9. The molecule has 0 radical (unpaired) electrons. The molecule has 4 nitrogen and oxygen atoms in total. The molecule has 1 aliphatic rings. The van der Waals surface area contributed by atoms with Gasteiger partial charge in [-0.3, -0.25) is 9.69 Å². The van der Waals surface area contributed by atoms with E-state index in [9.17, 15) is 9.90 Å². The number of likely N-dealkylation sites (tertiary alicyclic amines) is 1. The van der Waals surface area contributed by atoms with Gasteiger partial charge >= 0.3 is 0 Å². The fraction of sp³-hybridized carbons (Fsp3) is 0.296. The molecule has 1 N–H and O–H groups in total. The predicted molar refractivity (Wildman–Crippen MR) is 126 cm³/mol. The lowest BCUT2D eigenvalue weighted by atomic mass is 9.99. The van der Waals surface area contributed by atoms with Crippen molar-refractivity contribution >= 4 is 11.6 Å². The maximum absolute atomic E-state index is 13.6. The summed E-state index contributed by atoms with van der Waals surface area (Å²) in [6.07, 6.45) is 1.80. The van der Waals surface area contributed by atoms with Gasteiger partial charge in [0.2, 0.25) is 0 Å². The monoisotopic (exact) mass is 414 g/mol. The van der Waals surface area contributed by atoms with Crippen LogP contribution in [0.3, 0.4) is 0 Å². The van der Waals surface area contributed by atoms with Gasteiger partial charge in [0.25, 0.3) is 5.91 Å². The van der Waals surface area contributed by atoms with Crippen LogP contribution in [-0.2, 0) is 6.54 Å². The lowest BCUT2D eigenvalue weighted by Gasteiger charge is -2.39. The first kappa shape index (κ1) is 21.1. The number of phenols is 1. The van der Waals surface area contributed by atoms with Gasteiger partial charge in [0.1, 0.15) is 5.75 Å². The molecule has 1 saturated heterocycles. The maximum atomic E-state index is 13.6. The quantitative estimate of drug-likeness (QED) is 0.614. The maximum Gasteiger partial charge on any atom is 0.258 e. The van der Waals surface area contributed by atoms with Crippen molar-refractivity contribution in [1.29, 1.82) is 0 Å². The molecule has 0 unspecified atom stereocenters. The third kappa shape index (κ3) is 4.97. The van der Waals surface area contributed by atoms with E-state index in [4.69, 9.17) is 0 Å². The van der Waals surface area contributed by atoms with Crippen LogP contribution in [0.15, 0.2) is 72.8 Å². The van der Waals surface area contributed by atoms with Crippen LogP contribution in [-0.4, -0.2) is 35.0 Å². The first-order valence-corrected chi connectivity index (χ1v) is 11.0. The number of piperidine rings is 1. The van der Waals surface area contributed by atoms with E-state index in [2.05, 4.69) is 36.1 Å². The Hall–Kier alpha value is -3.11. The number of carbonyl (C=O) groups is 1. The van der Waals surface area contributed by atoms with Gasteiger partial charge in [-0.05, 0) is 57.0 Å². The molecule has 4 heteroatoms. The predicted octanol–water partition coefficient (Wildman–Crippen LogP) is 5.32. The van der Waals surface area contributed by atoms with E-state index < -0.39 is 0 Å². The van der Waals surface area contributed by atoms with E-state index in [1.54, 1.807) is 6.07 Å². The summed E-state index contributed by atoms with van der Waals surface area (Å²) in [6, 6.07) is 23.8. The molecule has 0 aromatic heterocycles. The van der Waals surface area contributed by atoms with Gasteiger partial charge < -0.3 is 10.0 Å². The van der Waals surface area contributed by atoms with E-state index in [1.807, 2.05) is 54.3 Å². The SMILES string of the molecule is Cc1ccc(N(C(=O)c2cccc(C)c2)C2CCN(Cc3ccccc3O)CC2)cc1. The van der Waals surface area contributed by atoms with E-state index in [0.717, 1.165) is 54.9 Å². The van der Waals surface area contributed by atoms with Crippen LogP contribution in [0, 0.1) is 13.8 Å². The number of carbonyl (C=O) groups excluding carboxylic acids is 1. The molecule has 4 rings (SSSR count). The summed E-state index contributed by atoms with van der Waals surface area (Å²) >= 11 is 0. The topological polar surface area (TPSA) is 43.8 Å². The number of hydrogen-bond acceptors (Lipinski definition) is 3. The Labute approximate surface area is 184 Å². The number of aryl methyl sites for hydroxylation is 2. The lowest BCUT2D eigenvalue weighted by Crippen LogP contribution is -2.47. The summed E-state index contributed by atoms with van der Waals surface area (Å²) in [5.41, 5.74) is 4.91. The number of benzene rings is 3. The van der Waals surface area contributed by atoms with Gasteiger partial charge in [-0.15, -0.1) is 0 Å². The average molecular weight is 415 g/mol. The third-order valence-corrected chi connectivity index (χ3v) is 6.10. The van der Waals surface area contributed by atoms with Crippen LogP contribution < -0.4 is 4.90 Å². The van der Waals surface area contributed by atoms with E-state index in [0.29, 0.717) is 5.75 Å². The van der Waals surface area contributed by atoms with Gasteiger partial charge in [0, 0.05) is 42.5 Å². The minimum atomic E-state index is 0.0618. The molecular formula is C27H30N2O2. The van der Waals surface area contributed by atoms with Crippen molar-refractivity contribution in [2.24, 2.45) is 0 Å². The zero-order chi connectivity index (χ0) is 21.8. The number of amides is 1. The van der Waals surface area contributed by atoms with Crippen LogP contribution in [0.25, 0.3) is 0 Å². The minimum Gasteiger partial charge on any atom is -0.508 e. The van der Waals surface area contributed by atoms with Crippen molar-refractivity contribution in [3.8, 4) is 5.75 Å². The molecule has 1 amide bonds. The number of anilines is 1. The van der Waals surface area contributed by atoms with Gasteiger partial charge in [-0.25, -0.2) is 0 Å². The Balaban J connectivity index is 1.53. The van der Waals surface area contributed by atoms with Crippen molar-refractivity contribution in [2.75, 3.05) is 18.0 Å². The zero-order valence-corrected chi connectivity index (χ0v) is 18.3. The number of rotatable bonds is 5. The highest BCUT2D eigenvalue weighted by molar-refractivity contribution is 6.06. The molecule has 3 aromatic rings. The number of nitrogens with zero attached hydrogens (tertiary/aromatic N) is 2.